The summed E-state index contributed by atoms with van der Waals surface area (Å²) in [5.41, 5.74) is 2.45. The number of halogens is 1. The van der Waals surface area contributed by atoms with Gasteiger partial charge in [-0.05, 0) is 6.07 Å². The Morgan fingerprint density at radius 1 is 1.39 bits per heavy atom. The van der Waals surface area contributed by atoms with Gasteiger partial charge in [0, 0.05) is 36.0 Å². The van der Waals surface area contributed by atoms with Crippen LogP contribution >= 0.6 is 11.6 Å². The molecule has 0 saturated carbocycles. The number of pyridine rings is 2. The Hall–Kier alpha value is -2.67. The van der Waals surface area contributed by atoms with E-state index in [1.807, 2.05) is 6.07 Å². The van der Waals surface area contributed by atoms with E-state index in [4.69, 9.17) is 16.3 Å². The molecule has 1 amide bonds. The van der Waals surface area contributed by atoms with E-state index in [1.165, 1.54) is 0 Å². The number of hydrogen-bond acceptors (Lipinski definition) is 5. The maximum absolute atomic E-state index is 12.0. The second-order valence-electron chi connectivity index (χ2n) is 5.09. The molecule has 116 valence electrons. The molecule has 3 aromatic heterocycles. The molecule has 0 atom stereocenters. The molecule has 0 aromatic carbocycles. The minimum Gasteiger partial charge on any atom is -0.481 e. The van der Waals surface area contributed by atoms with Gasteiger partial charge in [-0.3, -0.25) is 14.5 Å². The smallest absolute Gasteiger partial charge is 0.271 e. The van der Waals surface area contributed by atoms with Crippen LogP contribution in [0.5, 0.6) is 5.88 Å². The molecule has 1 N–H and O–H groups in total. The average Bonchev–Trinajstić information content (AvgIpc) is 2.91. The van der Waals surface area contributed by atoms with Crippen molar-refractivity contribution in [1.29, 1.82) is 0 Å². The zero-order valence-corrected chi connectivity index (χ0v) is 13.0. The maximum atomic E-state index is 12.0. The number of aromatic nitrogens is 4. The van der Waals surface area contributed by atoms with Crippen LogP contribution in [-0.4, -0.2) is 39.3 Å². The highest BCUT2D eigenvalue weighted by atomic mass is 35.5. The Bertz CT molecular complexity index is 937. The van der Waals surface area contributed by atoms with Gasteiger partial charge in [0.05, 0.1) is 24.2 Å². The van der Waals surface area contributed by atoms with Gasteiger partial charge in [-0.15, -0.1) is 0 Å². The van der Waals surface area contributed by atoms with Gasteiger partial charge < -0.3 is 10.1 Å². The molecule has 0 fully saturated rings. The Balaban J connectivity index is 1.95. The number of rotatable bonds is 2. The first-order chi connectivity index (χ1) is 11.2. The first kappa shape index (κ1) is 14.0. The summed E-state index contributed by atoms with van der Waals surface area (Å²) in [6.07, 6.45) is 3.34. The lowest BCUT2D eigenvalue weighted by Crippen LogP contribution is -2.35. The summed E-state index contributed by atoms with van der Waals surface area (Å²) in [6, 6.07) is 3.56. The van der Waals surface area contributed by atoms with Crippen molar-refractivity contribution in [2.24, 2.45) is 0 Å². The standard InChI is InChI=1S/C15H12ClN5O2/c1-23-11-6-10-9(7-19-11)8(2-3-17-10)13-12(16)14-15(22)18-4-5-21(14)20-13/h2-3,6-7H,4-5H2,1H3,(H,18,22). The van der Waals surface area contributed by atoms with Crippen molar-refractivity contribution in [2.75, 3.05) is 13.7 Å². The first-order valence-electron chi connectivity index (χ1n) is 7.02. The predicted octanol–water partition coefficient (Wildman–Crippen LogP) is 1.90. The quantitative estimate of drug-likeness (QED) is 0.776. The van der Waals surface area contributed by atoms with E-state index in [2.05, 4.69) is 20.4 Å². The normalized spacial score (nSPS) is 13.7. The Labute approximate surface area is 136 Å². The second-order valence-corrected chi connectivity index (χ2v) is 5.47. The number of amides is 1. The van der Waals surface area contributed by atoms with Crippen molar-refractivity contribution < 1.29 is 9.53 Å². The van der Waals surface area contributed by atoms with Crippen molar-refractivity contribution in [2.45, 2.75) is 6.54 Å². The van der Waals surface area contributed by atoms with Crippen molar-refractivity contribution >= 4 is 28.4 Å². The fourth-order valence-electron chi connectivity index (χ4n) is 2.69. The number of carbonyl (C=O) groups is 1. The van der Waals surface area contributed by atoms with E-state index in [0.717, 1.165) is 16.5 Å². The van der Waals surface area contributed by atoms with E-state index >= 15 is 0 Å². The minimum absolute atomic E-state index is 0.210. The molecule has 8 heteroatoms. The van der Waals surface area contributed by atoms with E-state index in [1.54, 1.807) is 30.3 Å². The highest BCUT2D eigenvalue weighted by Gasteiger charge is 2.26. The van der Waals surface area contributed by atoms with Crippen LogP contribution in [0.3, 0.4) is 0 Å². The molecule has 4 heterocycles. The van der Waals surface area contributed by atoms with Crippen LogP contribution in [0.2, 0.25) is 5.02 Å². The molecule has 0 radical (unpaired) electrons. The van der Waals surface area contributed by atoms with Gasteiger partial charge in [-0.2, -0.15) is 5.10 Å². The summed E-state index contributed by atoms with van der Waals surface area (Å²) in [5.74, 6) is 0.273. The summed E-state index contributed by atoms with van der Waals surface area (Å²) >= 11 is 6.42. The number of nitrogens with zero attached hydrogens (tertiary/aromatic N) is 4. The molecule has 1 aliphatic rings. The van der Waals surface area contributed by atoms with E-state index < -0.39 is 0 Å². The van der Waals surface area contributed by atoms with Crippen molar-refractivity contribution in [1.82, 2.24) is 25.1 Å². The Morgan fingerprint density at radius 3 is 3.04 bits per heavy atom. The van der Waals surface area contributed by atoms with Gasteiger partial charge in [0.1, 0.15) is 11.4 Å². The zero-order chi connectivity index (χ0) is 16.0. The molecular weight excluding hydrogens is 318 g/mol. The van der Waals surface area contributed by atoms with Crippen LogP contribution in [0.25, 0.3) is 22.2 Å². The molecule has 0 aliphatic carbocycles. The largest absolute Gasteiger partial charge is 0.481 e. The van der Waals surface area contributed by atoms with Crippen LogP contribution in [0.15, 0.2) is 24.5 Å². The van der Waals surface area contributed by atoms with Crippen LogP contribution in [0.1, 0.15) is 10.5 Å². The Kier molecular flexibility index (Phi) is 3.16. The first-order valence-corrected chi connectivity index (χ1v) is 7.40. The maximum Gasteiger partial charge on any atom is 0.271 e. The molecule has 7 nitrogen and oxygen atoms in total. The van der Waals surface area contributed by atoms with Gasteiger partial charge in [0.15, 0.2) is 0 Å². The summed E-state index contributed by atoms with van der Waals surface area (Å²) in [7, 11) is 1.55. The Morgan fingerprint density at radius 2 is 2.26 bits per heavy atom. The number of methoxy groups -OCH3 is 1. The van der Waals surface area contributed by atoms with Crippen LogP contribution in [-0.2, 0) is 6.54 Å². The molecule has 3 aromatic rings. The molecule has 0 unspecified atom stereocenters. The third-order valence-electron chi connectivity index (χ3n) is 3.79. The SMILES string of the molecule is COc1cc2nccc(-c3nn4c(c3Cl)C(=O)NCC4)c2cn1. The molecule has 0 spiro atoms. The fourth-order valence-corrected chi connectivity index (χ4v) is 3.01. The number of hydrogen-bond donors (Lipinski definition) is 1. The molecular formula is C15H12ClN5O2. The topological polar surface area (TPSA) is 81.9 Å². The zero-order valence-electron chi connectivity index (χ0n) is 12.2. The molecule has 0 bridgehead atoms. The molecule has 4 rings (SSSR count). The van der Waals surface area contributed by atoms with Gasteiger partial charge >= 0.3 is 0 Å². The summed E-state index contributed by atoms with van der Waals surface area (Å²) in [6.45, 7) is 1.13. The number of carbonyl (C=O) groups excluding carboxylic acids is 1. The molecule has 0 saturated heterocycles. The van der Waals surface area contributed by atoms with Crippen molar-refractivity contribution in [3.8, 4) is 17.1 Å². The number of nitrogens with one attached hydrogen (secondary N) is 1. The van der Waals surface area contributed by atoms with Crippen LogP contribution in [0.4, 0.5) is 0 Å². The predicted molar refractivity (Wildman–Crippen MR) is 84.7 cm³/mol. The summed E-state index contributed by atoms with van der Waals surface area (Å²) in [5, 5.41) is 8.41. The van der Waals surface area contributed by atoms with Crippen LogP contribution < -0.4 is 10.1 Å². The van der Waals surface area contributed by atoms with Crippen molar-refractivity contribution in [3.05, 3.63) is 35.2 Å². The number of ether oxygens (including phenoxy) is 1. The monoisotopic (exact) mass is 329 g/mol. The summed E-state index contributed by atoms with van der Waals surface area (Å²) < 4.78 is 6.76. The lowest BCUT2D eigenvalue weighted by molar-refractivity contribution is 0.0924. The van der Waals surface area contributed by atoms with E-state index in [-0.39, 0.29) is 5.91 Å². The minimum atomic E-state index is -0.210. The van der Waals surface area contributed by atoms with Crippen LogP contribution in [0, 0.1) is 0 Å². The summed E-state index contributed by atoms with van der Waals surface area (Å²) in [4.78, 5) is 20.5. The second kappa shape index (κ2) is 5.20. The highest BCUT2D eigenvalue weighted by molar-refractivity contribution is 6.36. The van der Waals surface area contributed by atoms with Crippen molar-refractivity contribution in [3.63, 3.8) is 0 Å². The molecule has 1 aliphatic heterocycles. The number of fused-ring (bicyclic) bond motifs is 2. The van der Waals surface area contributed by atoms with Gasteiger partial charge in [-0.25, -0.2) is 4.98 Å². The lowest BCUT2D eigenvalue weighted by Gasteiger charge is -2.13. The van der Waals surface area contributed by atoms with E-state index in [0.29, 0.717) is 35.4 Å². The third-order valence-corrected chi connectivity index (χ3v) is 4.14. The molecule has 23 heavy (non-hydrogen) atoms. The lowest BCUT2D eigenvalue weighted by atomic mass is 10.1. The van der Waals surface area contributed by atoms with E-state index in [9.17, 15) is 4.79 Å². The average molecular weight is 330 g/mol. The van der Waals surface area contributed by atoms with Gasteiger partial charge in [-0.1, -0.05) is 11.6 Å². The fraction of sp³-hybridized carbons (Fsp3) is 0.200. The van der Waals surface area contributed by atoms with Gasteiger partial charge in [0.25, 0.3) is 5.91 Å². The van der Waals surface area contributed by atoms with Gasteiger partial charge in [0.2, 0.25) is 5.88 Å². The highest BCUT2D eigenvalue weighted by Crippen LogP contribution is 2.34. The third kappa shape index (κ3) is 2.12.